The highest BCUT2D eigenvalue weighted by Crippen LogP contribution is 2.27. The van der Waals surface area contributed by atoms with E-state index in [0.717, 1.165) is 24.5 Å². The Balaban J connectivity index is 1.52. The number of nitrogens with one attached hydrogen (secondary N) is 1. The molecule has 1 saturated carbocycles. The summed E-state index contributed by atoms with van der Waals surface area (Å²) in [6.45, 7) is 14.5. The zero-order valence-electron chi connectivity index (χ0n) is 13.2. The SMILES string of the molecule is CC(C)CNCCCC(C)N1CCN(C2CC2)CC1. The van der Waals surface area contributed by atoms with E-state index >= 15 is 0 Å². The molecule has 1 aliphatic heterocycles. The first-order valence-corrected chi connectivity index (χ1v) is 8.35. The van der Waals surface area contributed by atoms with Gasteiger partial charge < -0.3 is 5.32 Å². The Morgan fingerprint density at radius 3 is 2.32 bits per heavy atom. The van der Waals surface area contributed by atoms with Crippen molar-refractivity contribution in [2.24, 2.45) is 5.92 Å². The van der Waals surface area contributed by atoms with Gasteiger partial charge in [-0.3, -0.25) is 9.80 Å². The summed E-state index contributed by atoms with van der Waals surface area (Å²) in [5.74, 6) is 0.771. The molecule has 0 spiro atoms. The molecule has 1 N–H and O–H groups in total. The van der Waals surface area contributed by atoms with Crippen molar-refractivity contribution in [1.82, 2.24) is 15.1 Å². The molecule has 1 saturated heterocycles. The van der Waals surface area contributed by atoms with E-state index in [0.29, 0.717) is 0 Å². The van der Waals surface area contributed by atoms with Crippen molar-refractivity contribution in [3.05, 3.63) is 0 Å². The van der Waals surface area contributed by atoms with Gasteiger partial charge in [0, 0.05) is 38.3 Å². The monoisotopic (exact) mass is 267 g/mol. The predicted molar refractivity (Wildman–Crippen MR) is 82.6 cm³/mol. The fourth-order valence-corrected chi connectivity index (χ4v) is 3.08. The lowest BCUT2D eigenvalue weighted by atomic mass is 10.1. The van der Waals surface area contributed by atoms with Crippen LogP contribution < -0.4 is 5.32 Å². The quantitative estimate of drug-likeness (QED) is 0.680. The smallest absolute Gasteiger partial charge is 0.0113 e. The largest absolute Gasteiger partial charge is 0.316 e. The Hall–Kier alpha value is -0.120. The Labute approximate surface area is 119 Å². The first-order chi connectivity index (χ1) is 9.16. The van der Waals surface area contributed by atoms with Crippen LogP contribution in [0.3, 0.4) is 0 Å². The van der Waals surface area contributed by atoms with Crippen LogP contribution in [0.15, 0.2) is 0 Å². The van der Waals surface area contributed by atoms with E-state index in [1.54, 1.807) is 0 Å². The minimum absolute atomic E-state index is 0.766. The molecule has 1 heterocycles. The Morgan fingerprint density at radius 2 is 1.74 bits per heavy atom. The first-order valence-electron chi connectivity index (χ1n) is 8.35. The van der Waals surface area contributed by atoms with Crippen molar-refractivity contribution in [2.45, 2.75) is 58.5 Å². The Kier molecular flexibility index (Phi) is 6.11. The molecule has 1 aliphatic carbocycles. The van der Waals surface area contributed by atoms with Gasteiger partial charge in [-0.25, -0.2) is 0 Å². The molecule has 3 heteroatoms. The van der Waals surface area contributed by atoms with Gasteiger partial charge in [-0.15, -0.1) is 0 Å². The van der Waals surface area contributed by atoms with Gasteiger partial charge in [0.2, 0.25) is 0 Å². The van der Waals surface area contributed by atoms with E-state index in [9.17, 15) is 0 Å². The van der Waals surface area contributed by atoms with Crippen molar-refractivity contribution in [2.75, 3.05) is 39.3 Å². The number of piperazine rings is 1. The molecule has 3 nitrogen and oxygen atoms in total. The predicted octanol–water partition coefficient (Wildman–Crippen LogP) is 2.18. The summed E-state index contributed by atoms with van der Waals surface area (Å²) in [7, 11) is 0. The van der Waals surface area contributed by atoms with Gasteiger partial charge in [0.1, 0.15) is 0 Å². The molecule has 0 aromatic heterocycles. The van der Waals surface area contributed by atoms with Crippen LogP contribution in [0.5, 0.6) is 0 Å². The van der Waals surface area contributed by atoms with Crippen molar-refractivity contribution in [1.29, 1.82) is 0 Å². The lowest BCUT2D eigenvalue weighted by Crippen LogP contribution is -2.50. The van der Waals surface area contributed by atoms with Crippen LogP contribution in [0, 0.1) is 5.92 Å². The van der Waals surface area contributed by atoms with E-state index < -0.39 is 0 Å². The second kappa shape index (κ2) is 7.61. The Bertz CT molecular complexity index is 242. The maximum absolute atomic E-state index is 3.55. The molecule has 0 radical (unpaired) electrons. The molecule has 2 aliphatic rings. The van der Waals surface area contributed by atoms with Crippen molar-refractivity contribution >= 4 is 0 Å². The summed E-state index contributed by atoms with van der Waals surface area (Å²) >= 11 is 0. The molecule has 0 aromatic rings. The van der Waals surface area contributed by atoms with Crippen LogP contribution in [-0.4, -0.2) is 61.2 Å². The molecule has 0 bridgehead atoms. The number of hydrogen-bond donors (Lipinski definition) is 1. The van der Waals surface area contributed by atoms with Gasteiger partial charge in [0.05, 0.1) is 0 Å². The molecular weight excluding hydrogens is 234 g/mol. The minimum atomic E-state index is 0.766. The zero-order valence-corrected chi connectivity index (χ0v) is 13.2. The maximum atomic E-state index is 3.55. The summed E-state index contributed by atoms with van der Waals surface area (Å²) < 4.78 is 0. The molecule has 0 amide bonds. The van der Waals surface area contributed by atoms with Crippen molar-refractivity contribution < 1.29 is 0 Å². The van der Waals surface area contributed by atoms with Gasteiger partial charge in [0.25, 0.3) is 0 Å². The first kappa shape index (κ1) is 15.3. The molecule has 0 aromatic carbocycles. The molecule has 1 atom stereocenters. The number of hydrogen-bond acceptors (Lipinski definition) is 3. The fraction of sp³-hybridized carbons (Fsp3) is 1.00. The topological polar surface area (TPSA) is 18.5 Å². The molecular formula is C16H33N3. The van der Waals surface area contributed by atoms with E-state index in [4.69, 9.17) is 0 Å². The number of rotatable bonds is 8. The summed E-state index contributed by atoms with van der Waals surface area (Å²) in [6, 6.07) is 1.72. The fourth-order valence-electron chi connectivity index (χ4n) is 3.08. The van der Waals surface area contributed by atoms with E-state index in [-0.39, 0.29) is 0 Å². The van der Waals surface area contributed by atoms with Gasteiger partial charge in [0.15, 0.2) is 0 Å². The third kappa shape index (κ3) is 5.41. The lowest BCUT2D eigenvalue weighted by Gasteiger charge is -2.38. The molecule has 112 valence electrons. The van der Waals surface area contributed by atoms with Gasteiger partial charge in [-0.1, -0.05) is 13.8 Å². The molecule has 2 rings (SSSR count). The van der Waals surface area contributed by atoms with E-state index in [2.05, 4.69) is 35.9 Å². The third-order valence-electron chi connectivity index (χ3n) is 4.56. The second-order valence-electron chi connectivity index (χ2n) is 6.89. The van der Waals surface area contributed by atoms with E-state index in [1.807, 2.05) is 0 Å². The molecule has 19 heavy (non-hydrogen) atoms. The average molecular weight is 267 g/mol. The van der Waals surface area contributed by atoms with Crippen LogP contribution in [0.25, 0.3) is 0 Å². The van der Waals surface area contributed by atoms with Crippen LogP contribution in [0.1, 0.15) is 46.5 Å². The normalized spacial score (nSPS) is 24.0. The lowest BCUT2D eigenvalue weighted by molar-refractivity contribution is 0.0934. The summed E-state index contributed by atoms with van der Waals surface area (Å²) in [5, 5.41) is 3.55. The van der Waals surface area contributed by atoms with E-state index in [1.165, 1.54) is 58.4 Å². The zero-order chi connectivity index (χ0) is 13.7. The van der Waals surface area contributed by atoms with Crippen LogP contribution in [-0.2, 0) is 0 Å². The van der Waals surface area contributed by atoms with Crippen molar-refractivity contribution in [3.8, 4) is 0 Å². The molecule has 2 fully saturated rings. The summed E-state index contributed by atoms with van der Waals surface area (Å²) in [5.41, 5.74) is 0. The summed E-state index contributed by atoms with van der Waals surface area (Å²) in [4.78, 5) is 5.40. The van der Waals surface area contributed by atoms with Crippen molar-refractivity contribution in [3.63, 3.8) is 0 Å². The highest BCUT2D eigenvalue weighted by Gasteiger charge is 2.31. The average Bonchev–Trinajstić information content (AvgIpc) is 3.22. The van der Waals surface area contributed by atoms with Gasteiger partial charge in [-0.2, -0.15) is 0 Å². The standard InChI is InChI=1S/C16H33N3/c1-14(2)13-17-8-4-5-15(3)18-9-11-19(12-10-18)16-6-7-16/h14-17H,4-13H2,1-3H3. The Morgan fingerprint density at radius 1 is 1.05 bits per heavy atom. The van der Waals surface area contributed by atoms with Crippen LogP contribution in [0.2, 0.25) is 0 Å². The highest BCUT2D eigenvalue weighted by atomic mass is 15.3. The van der Waals surface area contributed by atoms with Gasteiger partial charge in [-0.05, 0) is 51.6 Å². The second-order valence-corrected chi connectivity index (χ2v) is 6.89. The summed E-state index contributed by atoms with van der Waals surface area (Å²) in [6.07, 6.45) is 5.57. The third-order valence-corrected chi connectivity index (χ3v) is 4.56. The van der Waals surface area contributed by atoms with Crippen LogP contribution >= 0.6 is 0 Å². The maximum Gasteiger partial charge on any atom is 0.0113 e. The number of nitrogens with zero attached hydrogens (tertiary/aromatic N) is 2. The highest BCUT2D eigenvalue weighted by molar-refractivity contribution is 4.88. The molecule has 1 unspecified atom stereocenters. The minimum Gasteiger partial charge on any atom is -0.316 e. The van der Waals surface area contributed by atoms with Crippen LogP contribution in [0.4, 0.5) is 0 Å². The van der Waals surface area contributed by atoms with Gasteiger partial charge >= 0.3 is 0 Å².